The molecule has 184 valence electrons. The zero-order valence-electron chi connectivity index (χ0n) is 18.3. The van der Waals surface area contributed by atoms with Crippen LogP contribution in [0.4, 0.5) is 0 Å². The summed E-state index contributed by atoms with van der Waals surface area (Å²) in [6, 6.07) is -4.51. The summed E-state index contributed by atoms with van der Waals surface area (Å²) in [4.78, 5) is 52.0. The number of hydrogen-bond donors (Lipinski definition) is 9. The van der Waals surface area contributed by atoms with Crippen LogP contribution in [0.5, 0.6) is 0 Å². The number of carbonyl (C=O) groups excluding carboxylic acids is 3. The van der Waals surface area contributed by atoms with Crippen molar-refractivity contribution in [2.45, 2.75) is 63.2 Å². The van der Waals surface area contributed by atoms with Crippen molar-refractivity contribution in [2.24, 2.45) is 27.9 Å². The second kappa shape index (κ2) is 15.8. The van der Waals surface area contributed by atoms with E-state index in [9.17, 15) is 19.2 Å². The molecule has 14 heteroatoms. The number of carboxylic acids is 1. The van der Waals surface area contributed by atoms with Gasteiger partial charge in [-0.3, -0.25) is 19.4 Å². The SMILES string of the molecule is CC(NC(=O)C(N)CCCCN)C(=O)NC(CCCN=C(N)N)C(=O)NC(CO)C(=O)O. The Morgan fingerprint density at radius 1 is 0.906 bits per heavy atom. The number of unbranched alkanes of at least 4 members (excludes halogenated alkanes) is 1. The molecular weight excluding hydrogens is 424 g/mol. The number of nitrogens with one attached hydrogen (secondary N) is 3. The summed E-state index contributed by atoms with van der Waals surface area (Å²) >= 11 is 0. The first-order valence-corrected chi connectivity index (χ1v) is 10.3. The highest BCUT2D eigenvalue weighted by atomic mass is 16.4. The molecule has 0 saturated heterocycles. The van der Waals surface area contributed by atoms with E-state index in [2.05, 4.69) is 20.9 Å². The van der Waals surface area contributed by atoms with Crippen LogP contribution in [0.15, 0.2) is 4.99 Å². The van der Waals surface area contributed by atoms with Gasteiger partial charge in [-0.15, -0.1) is 0 Å². The lowest BCUT2D eigenvalue weighted by molar-refractivity contribution is -0.143. The average molecular weight is 461 g/mol. The fourth-order valence-corrected chi connectivity index (χ4v) is 2.55. The van der Waals surface area contributed by atoms with E-state index in [4.69, 9.17) is 33.1 Å². The van der Waals surface area contributed by atoms with Gasteiger partial charge in [-0.2, -0.15) is 0 Å². The van der Waals surface area contributed by atoms with Gasteiger partial charge in [-0.1, -0.05) is 6.42 Å². The van der Waals surface area contributed by atoms with Crippen molar-refractivity contribution >= 4 is 29.7 Å². The van der Waals surface area contributed by atoms with Crippen molar-refractivity contribution in [3.8, 4) is 0 Å². The number of guanidine groups is 1. The third-order valence-corrected chi connectivity index (χ3v) is 4.43. The van der Waals surface area contributed by atoms with Gasteiger partial charge in [0.2, 0.25) is 17.7 Å². The lowest BCUT2D eigenvalue weighted by Gasteiger charge is -2.23. The summed E-state index contributed by atoms with van der Waals surface area (Å²) < 4.78 is 0. The predicted octanol–water partition coefficient (Wildman–Crippen LogP) is -3.95. The predicted molar refractivity (Wildman–Crippen MR) is 117 cm³/mol. The number of aliphatic imine (C=N–C) groups is 1. The molecule has 0 bridgehead atoms. The zero-order valence-corrected chi connectivity index (χ0v) is 18.3. The maximum absolute atomic E-state index is 12.5. The van der Waals surface area contributed by atoms with Gasteiger partial charge in [0.05, 0.1) is 12.6 Å². The first-order chi connectivity index (χ1) is 15.0. The van der Waals surface area contributed by atoms with Crippen molar-refractivity contribution < 1.29 is 29.4 Å². The minimum absolute atomic E-state index is 0.0748. The number of nitrogens with two attached hydrogens (primary N) is 4. The van der Waals surface area contributed by atoms with E-state index in [0.29, 0.717) is 25.8 Å². The minimum Gasteiger partial charge on any atom is -0.480 e. The van der Waals surface area contributed by atoms with Crippen LogP contribution in [-0.2, 0) is 19.2 Å². The van der Waals surface area contributed by atoms with Crippen molar-refractivity contribution in [2.75, 3.05) is 19.7 Å². The Labute approximate surface area is 186 Å². The molecule has 32 heavy (non-hydrogen) atoms. The number of aliphatic hydroxyl groups is 1. The third-order valence-electron chi connectivity index (χ3n) is 4.43. The molecule has 13 N–H and O–H groups in total. The quantitative estimate of drug-likeness (QED) is 0.0612. The van der Waals surface area contributed by atoms with Crippen LogP contribution in [0.3, 0.4) is 0 Å². The summed E-state index contributed by atoms with van der Waals surface area (Å²) in [7, 11) is 0. The first kappa shape index (κ1) is 29.0. The normalized spacial score (nSPS) is 14.4. The van der Waals surface area contributed by atoms with E-state index in [-0.39, 0.29) is 18.9 Å². The Morgan fingerprint density at radius 2 is 1.53 bits per heavy atom. The maximum Gasteiger partial charge on any atom is 0.328 e. The Kier molecular flexibility index (Phi) is 14.3. The van der Waals surface area contributed by atoms with E-state index in [0.717, 1.165) is 6.42 Å². The molecule has 0 aromatic rings. The molecule has 3 amide bonds. The van der Waals surface area contributed by atoms with Gasteiger partial charge < -0.3 is 49.1 Å². The summed E-state index contributed by atoms with van der Waals surface area (Å²) in [6.07, 6.45) is 2.16. The van der Waals surface area contributed by atoms with Crippen molar-refractivity contribution in [1.82, 2.24) is 16.0 Å². The Hall–Kier alpha value is -2.97. The lowest BCUT2D eigenvalue weighted by Crippen LogP contribution is -2.56. The highest BCUT2D eigenvalue weighted by Crippen LogP contribution is 2.02. The molecule has 0 aromatic heterocycles. The van der Waals surface area contributed by atoms with Gasteiger partial charge in [0, 0.05) is 6.54 Å². The van der Waals surface area contributed by atoms with Crippen LogP contribution in [0.25, 0.3) is 0 Å². The standard InChI is InChI=1S/C18H36N8O6/c1-10(24-15(29)11(20)5-2-3-7-19)14(28)25-12(6-4-8-23-18(21)22)16(30)26-13(9-27)17(31)32/h10-13,27H,2-9,19-20H2,1H3,(H,24,29)(H,25,28)(H,26,30)(H,31,32)(H4,21,22,23). The minimum atomic E-state index is -1.54. The molecule has 0 fully saturated rings. The molecule has 14 nitrogen and oxygen atoms in total. The molecule has 0 aromatic carbocycles. The third kappa shape index (κ3) is 12.0. The van der Waals surface area contributed by atoms with Crippen LogP contribution in [0, 0.1) is 0 Å². The Morgan fingerprint density at radius 3 is 2.06 bits per heavy atom. The number of rotatable bonds is 16. The van der Waals surface area contributed by atoms with Gasteiger partial charge in [0.1, 0.15) is 18.1 Å². The smallest absolute Gasteiger partial charge is 0.328 e. The Bertz CT molecular complexity index is 655. The van der Waals surface area contributed by atoms with Crippen molar-refractivity contribution in [3.63, 3.8) is 0 Å². The molecule has 0 aliphatic rings. The molecule has 0 saturated carbocycles. The molecule has 0 radical (unpaired) electrons. The number of aliphatic hydroxyl groups excluding tert-OH is 1. The zero-order chi connectivity index (χ0) is 24.7. The number of carbonyl (C=O) groups is 4. The Balaban J connectivity index is 5.03. The largest absolute Gasteiger partial charge is 0.480 e. The van der Waals surface area contributed by atoms with E-state index in [1.54, 1.807) is 0 Å². The monoisotopic (exact) mass is 460 g/mol. The van der Waals surface area contributed by atoms with Crippen LogP contribution < -0.4 is 38.9 Å². The average Bonchev–Trinajstić information content (AvgIpc) is 2.73. The molecule has 0 rings (SSSR count). The lowest BCUT2D eigenvalue weighted by atomic mass is 10.1. The number of aliphatic carboxylic acids is 1. The molecular formula is C18H36N8O6. The number of nitrogens with zero attached hydrogens (tertiary/aromatic N) is 1. The van der Waals surface area contributed by atoms with Crippen LogP contribution in [-0.4, -0.2) is 83.7 Å². The van der Waals surface area contributed by atoms with Gasteiger partial charge in [-0.05, 0) is 39.2 Å². The van der Waals surface area contributed by atoms with E-state index < -0.39 is 54.5 Å². The second-order valence-electron chi connectivity index (χ2n) is 7.21. The van der Waals surface area contributed by atoms with Gasteiger partial charge >= 0.3 is 5.97 Å². The first-order valence-electron chi connectivity index (χ1n) is 10.3. The number of hydrogen-bond acceptors (Lipinski definition) is 8. The fraction of sp³-hybridized carbons (Fsp3) is 0.722. The summed E-state index contributed by atoms with van der Waals surface area (Å²) in [6.45, 7) is 1.25. The summed E-state index contributed by atoms with van der Waals surface area (Å²) in [5.74, 6) is -3.59. The second-order valence-corrected chi connectivity index (χ2v) is 7.21. The number of amides is 3. The summed E-state index contributed by atoms with van der Waals surface area (Å²) in [5, 5.41) is 25.2. The van der Waals surface area contributed by atoms with Crippen molar-refractivity contribution in [3.05, 3.63) is 0 Å². The molecule has 0 heterocycles. The highest BCUT2D eigenvalue weighted by Gasteiger charge is 2.28. The van der Waals surface area contributed by atoms with Gasteiger partial charge in [0.25, 0.3) is 0 Å². The van der Waals surface area contributed by atoms with Crippen LogP contribution in [0.1, 0.15) is 39.0 Å². The topological polar surface area (TPSA) is 261 Å². The fourth-order valence-electron chi connectivity index (χ4n) is 2.55. The van der Waals surface area contributed by atoms with Crippen LogP contribution in [0.2, 0.25) is 0 Å². The van der Waals surface area contributed by atoms with Gasteiger partial charge in [0.15, 0.2) is 5.96 Å². The maximum atomic E-state index is 12.5. The molecule has 0 spiro atoms. The molecule has 0 aliphatic carbocycles. The molecule has 4 unspecified atom stereocenters. The van der Waals surface area contributed by atoms with Gasteiger partial charge in [-0.25, -0.2) is 4.79 Å². The summed E-state index contributed by atoms with van der Waals surface area (Å²) in [5.41, 5.74) is 21.7. The van der Waals surface area contributed by atoms with E-state index in [1.165, 1.54) is 6.92 Å². The van der Waals surface area contributed by atoms with E-state index in [1.807, 2.05) is 0 Å². The molecule has 4 atom stereocenters. The van der Waals surface area contributed by atoms with E-state index >= 15 is 0 Å². The van der Waals surface area contributed by atoms with Crippen LogP contribution >= 0.6 is 0 Å². The highest BCUT2D eigenvalue weighted by molar-refractivity contribution is 5.93. The molecule has 0 aliphatic heterocycles. The number of carboxylic acid groups (broad SMARTS) is 1. The van der Waals surface area contributed by atoms with Crippen molar-refractivity contribution in [1.29, 1.82) is 0 Å².